The Labute approximate surface area is 185 Å². The Kier molecular flexibility index (Phi) is 6.43. The van der Waals surface area contributed by atoms with Crippen LogP contribution in [0.25, 0.3) is 10.2 Å². The van der Waals surface area contributed by atoms with Crippen molar-refractivity contribution < 1.29 is 14.6 Å². The quantitative estimate of drug-likeness (QED) is 0.539. The minimum absolute atomic E-state index is 0.0445. The lowest BCUT2D eigenvalue weighted by Gasteiger charge is -2.17. The third-order valence-corrected chi connectivity index (χ3v) is 6.88. The Morgan fingerprint density at radius 1 is 1.32 bits per heavy atom. The van der Waals surface area contributed by atoms with Crippen LogP contribution < -0.4 is 15.0 Å². The highest BCUT2D eigenvalue weighted by molar-refractivity contribution is 7.18. The van der Waals surface area contributed by atoms with E-state index in [-0.39, 0.29) is 18.7 Å². The first-order valence-corrected chi connectivity index (χ1v) is 11.4. The molecule has 31 heavy (non-hydrogen) atoms. The van der Waals surface area contributed by atoms with Gasteiger partial charge in [-0.15, -0.1) is 17.9 Å². The first kappa shape index (κ1) is 21.6. The van der Waals surface area contributed by atoms with Crippen molar-refractivity contribution in [3.05, 3.63) is 63.0 Å². The van der Waals surface area contributed by atoms with Crippen LogP contribution in [0.1, 0.15) is 34.7 Å². The summed E-state index contributed by atoms with van der Waals surface area (Å²) < 4.78 is 12.8. The lowest BCUT2D eigenvalue weighted by molar-refractivity contribution is 0.0894. The number of hydrogen-bond donors (Lipinski definition) is 1. The lowest BCUT2D eigenvalue weighted by Crippen LogP contribution is -2.32. The number of nitrogens with zero attached hydrogens (tertiary/aromatic N) is 2. The fourth-order valence-corrected chi connectivity index (χ4v) is 5.43. The molecule has 1 N–H and O–H groups in total. The number of hydrogen-bond acceptors (Lipinski definition) is 6. The monoisotopic (exact) mass is 440 g/mol. The van der Waals surface area contributed by atoms with Crippen LogP contribution in [0.4, 0.5) is 0 Å². The van der Waals surface area contributed by atoms with Crippen molar-refractivity contribution in [2.75, 3.05) is 13.7 Å². The SMILES string of the molecule is C=CCc1ccc(OCC(O)Cn2c(C)nc3sc4c(c3c2=O)CCCC4)c(OC)c1. The zero-order chi connectivity index (χ0) is 22.0. The normalized spacial score (nSPS) is 14.3. The number of ether oxygens (including phenoxy) is 2. The van der Waals surface area contributed by atoms with Gasteiger partial charge in [0.05, 0.1) is 19.0 Å². The number of aromatic nitrogens is 2. The van der Waals surface area contributed by atoms with Gasteiger partial charge in [-0.3, -0.25) is 9.36 Å². The Balaban J connectivity index is 1.52. The number of fused-ring (bicyclic) bond motifs is 3. The number of thiophene rings is 1. The second-order valence-corrected chi connectivity index (χ2v) is 8.99. The molecule has 0 aliphatic heterocycles. The van der Waals surface area contributed by atoms with Crippen molar-refractivity contribution in [2.45, 2.75) is 51.7 Å². The zero-order valence-electron chi connectivity index (χ0n) is 18.0. The Bertz CT molecular complexity index is 1160. The van der Waals surface area contributed by atoms with Gasteiger partial charge < -0.3 is 14.6 Å². The van der Waals surface area contributed by atoms with E-state index < -0.39 is 6.10 Å². The molecule has 7 heteroatoms. The van der Waals surface area contributed by atoms with E-state index in [4.69, 9.17) is 9.47 Å². The molecule has 1 unspecified atom stereocenters. The van der Waals surface area contributed by atoms with Crippen LogP contribution in [0.5, 0.6) is 11.5 Å². The van der Waals surface area contributed by atoms with E-state index in [1.54, 1.807) is 23.0 Å². The van der Waals surface area contributed by atoms with Gasteiger partial charge in [-0.2, -0.15) is 0 Å². The number of allylic oxidation sites excluding steroid dienone is 1. The van der Waals surface area contributed by atoms with Gasteiger partial charge in [0.15, 0.2) is 11.5 Å². The highest BCUT2D eigenvalue weighted by atomic mass is 32.1. The fraction of sp³-hybridized carbons (Fsp3) is 0.417. The largest absolute Gasteiger partial charge is 0.493 e. The van der Waals surface area contributed by atoms with Crippen molar-refractivity contribution in [3.8, 4) is 11.5 Å². The van der Waals surface area contributed by atoms with Crippen molar-refractivity contribution in [2.24, 2.45) is 0 Å². The zero-order valence-corrected chi connectivity index (χ0v) is 18.8. The standard InChI is InChI=1S/C24H28N2O4S/c1-4-7-16-10-11-19(20(12-16)29-3)30-14-17(27)13-26-15(2)25-23-22(24(26)28)18-8-5-6-9-21(18)31-23/h4,10-12,17,27H,1,5-9,13-14H2,2-3H3. The van der Waals surface area contributed by atoms with E-state index in [2.05, 4.69) is 11.6 Å². The molecule has 2 aromatic heterocycles. The molecule has 1 aliphatic carbocycles. The van der Waals surface area contributed by atoms with Gasteiger partial charge in [0.1, 0.15) is 23.4 Å². The van der Waals surface area contributed by atoms with Gasteiger partial charge in [-0.25, -0.2) is 4.98 Å². The van der Waals surface area contributed by atoms with Crippen LogP contribution in [0.2, 0.25) is 0 Å². The first-order chi connectivity index (χ1) is 15.0. The summed E-state index contributed by atoms with van der Waals surface area (Å²) in [5.74, 6) is 1.77. The highest BCUT2D eigenvalue weighted by Gasteiger charge is 2.22. The van der Waals surface area contributed by atoms with Crippen molar-refractivity contribution in [1.82, 2.24) is 9.55 Å². The summed E-state index contributed by atoms with van der Waals surface area (Å²) >= 11 is 1.64. The molecular formula is C24H28N2O4S. The molecule has 2 heterocycles. The van der Waals surface area contributed by atoms with E-state index in [0.717, 1.165) is 47.0 Å². The Morgan fingerprint density at radius 3 is 2.90 bits per heavy atom. The number of aliphatic hydroxyl groups excluding tert-OH is 1. The predicted molar refractivity (Wildman–Crippen MR) is 124 cm³/mol. The number of benzene rings is 1. The van der Waals surface area contributed by atoms with Crippen molar-refractivity contribution in [1.29, 1.82) is 0 Å². The average Bonchev–Trinajstić information content (AvgIpc) is 3.14. The number of aliphatic hydroxyl groups is 1. The maximum Gasteiger partial charge on any atom is 0.262 e. The maximum atomic E-state index is 13.2. The smallest absolute Gasteiger partial charge is 0.262 e. The summed E-state index contributed by atoms with van der Waals surface area (Å²) in [5.41, 5.74) is 2.17. The molecule has 3 aromatic rings. The Morgan fingerprint density at radius 2 is 2.13 bits per heavy atom. The molecular weight excluding hydrogens is 412 g/mol. The predicted octanol–water partition coefficient (Wildman–Crippen LogP) is 3.82. The second kappa shape index (κ2) is 9.24. The first-order valence-electron chi connectivity index (χ1n) is 10.6. The van der Waals surface area contributed by atoms with E-state index in [9.17, 15) is 9.90 Å². The fourth-order valence-electron chi connectivity index (χ4n) is 4.13. The summed E-state index contributed by atoms with van der Waals surface area (Å²) in [7, 11) is 1.58. The van der Waals surface area contributed by atoms with E-state index >= 15 is 0 Å². The third-order valence-electron chi connectivity index (χ3n) is 5.70. The van der Waals surface area contributed by atoms with Crippen molar-refractivity contribution in [3.63, 3.8) is 0 Å². The topological polar surface area (TPSA) is 73.6 Å². The molecule has 0 saturated carbocycles. The van der Waals surface area contributed by atoms with Gasteiger partial charge in [0.2, 0.25) is 0 Å². The summed E-state index contributed by atoms with van der Waals surface area (Å²) in [6.07, 6.45) is 5.94. The van der Waals surface area contributed by atoms with Gasteiger partial charge in [-0.05, 0) is 62.3 Å². The number of aryl methyl sites for hydroxylation is 3. The van der Waals surface area contributed by atoms with Gasteiger partial charge in [-0.1, -0.05) is 12.1 Å². The van der Waals surface area contributed by atoms with E-state index in [1.165, 1.54) is 11.3 Å². The van der Waals surface area contributed by atoms with Crippen LogP contribution in [0, 0.1) is 6.92 Å². The molecule has 0 saturated heterocycles. The average molecular weight is 441 g/mol. The van der Waals surface area contributed by atoms with Crippen LogP contribution in [-0.2, 0) is 25.8 Å². The van der Waals surface area contributed by atoms with Gasteiger partial charge in [0, 0.05) is 4.88 Å². The molecule has 1 aliphatic rings. The minimum atomic E-state index is -0.859. The molecule has 164 valence electrons. The molecule has 0 bridgehead atoms. The molecule has 1 atom stereocenters. The molecule has 4 rings (SSSR count). The van der Waals surface area contributed by atoms with Crippen LogP contribution >= 0.6 is 11.3 Å². The van der Waals surface area contributed by atoms with Crippen LogP contribution in [0.15, 0.2) is 35.6 Å². The molecule has 6 nitrogen and oxygen atoms in total. The molecule has 0 radical (unpaired) electrons. The molecule has 0 fully saturated rings. The van der Waals surface area contributed by atoms with Gasteiger partial charge in [0.25, 0.3) is 5.56 Å². The lowest BCUT2D eigenvalue weighted by atomic mass is 9.97. The summed E-state index contributed by atoms with van der Waals surface area (Å²) in [5, 5.41) is 11.3. The highest BCUT2D eigenvalue weighted by Crippen LogP contribution is 2.34. The second-order valence-electron chi connectivity index (χ2n) is 7.91. The summed E-state index contributed by atoms with van der Waals surface area (Å²) in [6.45, 7) is 5.74. The summed E-state index contributed by atoms with van der Waals surface area (Å²) in [6, 6.07) is 5.67. The Hall–Kier alpha value is -2.64. The van der Waals surface area contributed by atoms with Crippen LogP contribution in [-0.4, -0.2) is 34.5 Å². The third kappa shape index (κ3) is 4.38. The maximum absolute atomic E-state index is 13.2. The number of methoxy groups -OCH3 is 1. The number of rotatable bonds is 8. The molecule has 0 spiro atoms. The van der Waals surface area contributed by atoms with Crippen molar-refractivity contribution >= 4 is 21.6 Å². The van der Waals surface area contributed by atoms with E-state index in [1.807, 2.05) is 31.2 Å². The van der Waals surface area contributed by atoms with E-state index in [0.29, 0.717) is 17.3 Å². The van der Waals surface area contributed by atoms with Gasteiger partial charge >= 0.3 is 0 Å². The molecule has 0 amide bonds. The summed E-state index contributed by atoms with van der Waals surface area (Å²) in [4.78, 5) is 20.0. The van der Waals surface area contributed by atoms with Crippen LogP contribution in [0.3, 0.4) is 0 Å². The minimum Gasteiger partial charge on any atom is -0.493 e. The molecule has 1 aromatic carbocycles.